The van der Waals surface area contributed by atoms with Crippen LogP contribution in [0.3, 0.4) is 0 Å². The molecule has 1 aliphatic rings. The third-order valence-electron chi connectivity index (χ3n) is 5.38. The van der Waals surface area contributed by atoms with Gasteiger partial charge in [0.05, 0.1) is 18.7 Å². The molecule has 0 aliphatic carbocycles. The van der Waals surface area contributed by atoms with E-state index in [2.05, 4.69) is 10.9 Å². The molecule has 0 bridgehead atoms. The summed E-state index contributed by atoms with van der Waals surface area (Å²) in [7, 11) is 1.58. The molecule has 2 amide bonds. The van der Waals surface area contributed by atoms with Crippen LogP contribution in [0.25, 0.3) is 0 Å². The van der Waals surface area contributed by atoms with E-state index < -0.39 is 5.92 Å². The molecule has 7 nitrogen and oxygen atoms in total. The molecule has 8 heteroatoms. The van der Waals surface area contributed by atoms with Gasteiger partial charge in [0.25, 0.3) is 0 Å². The first-order chi connectivity index (χ1) is 16.0. The van der Waals surface area contributed by atoms with Crippen LogP contribution in [0.5, 0.6) is 11.5 Å². The Hall–Kier alpha value is -4.07. The highest BCUT2D eigenvalue weighted by molar-refractivity contribution is 6.00. The second-order valence-electron chi connectivity index (χ2n) is 7.66. The van der Waals surface area contributed by atoms with Gasteiger partial charge in [-0.2, -0.15) is 0 Å². The molecule has 170 valence electrons. The number of anilines is 2. The molecule has 2 N–H and O–H groups in total. The van der Waals surface area contributed by atoms with E-state index in [1.54, 1.807) is 72.7 Å². The van der Waals surface area contributed by atoms with Crippen molar-refractivity contribution >= 4 is 23.2 Å². The normalized spacial score (nSPS) is 15.3. The second-order valence-corrected chi connectivity index (χ2v) is 7.66. The number of nitrogens with zero attached hydrogens (tertiary/aromatic N) is 1. The van der Waals surface area contributed by atoms with Gasteiger partial charge in [0.1, 0.15) is 23.9 Å². The van der Waals surface area contributed by atoms with Gasteiger partial charge >= 0.3 is 0 Å². The van der Waals surface area contributed by atoms with E-state index >= 15 is 0 Å². The lowest BCUT2D eigenvalue weighted by atomic mass is 10.1. The zero-order valence-electron chi connectivity index (χ0n) is 18.1. The Bertz CT molecular complexity index is 1100. The van der Waals surface area contributed by atoms with Gasteiger partial charge in [-0.05, 0) is 66.2 Å². The van der Waals surface area contributed by atoms with Crippen molar-refractivity contribution in [1.29, 1.82) is 0 Å². The molecule has 3 aromatic rings. The summed E-state index contributed by atoms with van der Waals surface area (Å²) in [5.74, 6) is 0.263. The Morgan fingerprint density at radius 2 is 1.67 bits per heavy atom. The predicted octanol–water partition coefficient (Wildman–Crippen LogP) is 3.91. The van der Waals surface area contributed by atoms with Crippen LogP contribution in [0.4, 0.5) is 15.8 Å². The van der Waals surface area contributed by atoms with E-state index in [9.17, 15) is 14.0 Å². The number of carbonyl (C=O) groups excluding carboxylic acids is 2. The van der Waals surface area contributed by atoms with Crippen LogP contribution in [0, 0.1) is 11.7 Å². The first kappa shape index (κ1) is 22.1. The molecule has 3 aromatic carbocycles. The summed E-state index contributed by atoms with van der Waals surface area (Å²) in [6.07, 6.45) is 0.149. The minimum Gasteiger partial charge on any atom is -0.497 e. The number of amides is 2. The van der Waals surface area contributed by atoms with Gasteiger partial charge in [0.15, 0.2) is 0 Å². The summed E-state index contributed by atoms with van der Waals surface area (Å²) in [6, 6.07) is 20.4. The molecule has 0 radical (unpaired) electrons. The topological polar surface area (TPSA) is 79.9 Å². The fourth-order valence-electron chi connectivity index (χ4n) is 3.51. The molecule has 0 saturated carbocycles. The Morgan fingerprint density at radius 3 is 2.33 bits per heavy atom. The van der Waals surface area contributed by atoms with Crippen LogP contribution in [0.15, 0.2) is 72.8 Å². The molecule has 1 heterocycles. The van der Waals surface area contributed by atoms with E-state index in [0.717, 1.165) is 11.3 Å². The summed E-state index contributed by atoms with van der Waals surface area (Å²) in [6.45, 7) is 0.638. The Kier molecular flexibility index (Phi) is 6.73. The number of carbonyl (C=O) groups is 2. The number of benzene rings is 3. The highest BCUT2D eigenvalue weighted by Crippen LogP contribution is 2.27. The van der Waals surface area contributed by atoms with Gasteiger partial charge in [-0.3, -0.25) is 20.4 Å². The standard InChI is InChI=1S/C25H24FN3O4/c1-32-22-12-8-21(9-13-22)29-15-18(14-24(29)30)25(31)28-27-20-6-10-23(11-7-20)33-16-17-2-4-19(26)5-3-17/h2-13,18,27H,14-16H2,1H3,(H,28,31)/t18-/m1/s1. The fraction of sp³-hybridized carbons (Fsp3) is 0.200. The molecular weight excluding hydrogens is 425 g/mol. The van der Waals surface area contributed by atoms with Gasteiger partial charge < -0.3 is 14.4 Å². The number of ether oxygens (including phenoxy) is 2. The van der Waals surface area contributed by atoms with E-state index in [1.165, 1.54) is 12.1 Å². The zero-order chi connectivity index (χ0) is 23.2. The number of hydrazine groups is 1. The maximum atomic E-state index is 13.0. The minimum atomic E-state index is -0.453. The Balaban J connectivity index is 1.26. The number of rotatable bonds is 8. The lowest BCUT2D eigenvalue weighted by molar-refractivity contribution is -0.125. The second kappa shape index (κ2) is 10.0. The molecule has 0 unspecified atom stereocenters. The summed E-state index contributed by atoms with van der Waals surface area (Å²) in [5.41, 5.74) is 7.81. The van der Waals surface area contributed by atoms with Crippen LogP contribution >= 0.6 is 0 Å². The first-order valence-corrected chi connectivity index (χ1v) is 10.5. The van der Waals surface area contributed by atoms with E-state index in [-0.39, 0.29) is 24.1 Å². The lowest BCUT2D eigenvalue weighted by Gasteiger charge is -2.17. The first-order valence-electron chi connectivity index (χ1n) is 10.5. The molecular formula is C25H24FN3O4. The van der Waals surface area contributed by atoms with Crippen molar-refractivity contribution in [2.75, 3.05) is 24.0 Å². The third kappa shape index (κ3) is 5.60. The van der Waals surface area contributed by atoms with Gasteiger partial charge in [-0.25, -0.2) is 4.39 Å². The van der Waals surface area contributed by atoms with Crippen LogP contribution in [-0.2, 0) is 16.2 Å². The summed E-state index contributed by atoms with van der Waals surface area (Å²) < 4.78 is 23.8. The Morgan fingerprint density at radius 1 is 1.00 bits per heavy atom. The zero-order valence-corrected chi connectivity index (χ0v) is 18.1. The molecule has 4 rings (SSSR count). The maximum Gasteiger partial charge on any atom is 0.243 e. The van der Waals surface area contributed by atoms with Crippen molar-refractivity contribution in [1.82, 2.24) is 5.43 Å². The summed E-state index contributed by atoms with van der Waals surface area (Å²) >= 11 is 0. The number of nitrogens with one attached hydrogen (secondary N) is 2. The largest absolute Gasteiger partial charge is 0.497 e. The van der Waals surface area contributed by atoms with E-state index in [4.69, 9.17) is 9.47 Å². The van der Waals surface area contributed by atoms with E-state index in [0.29, 0.717) is 30.3 Å². The van der Waals surface area contributed by atoms with Crippen LogP contribution in [-0.4, -0.2) is 25.5 Å². The van der Waals surface area contributed by atoms with Crippen molar-refractivity contribution in [2.24, 2.45) is 5.92 Å². The van der Waals surface area contributed by atoms with Crippen molar-refractivity contribution in [3.8, 4) is 11.5 Å². The third-order valence-corrected chi connectivity index (χ3v) is 5.38. The fourth-order valence-corrected chi connectivity index (χ4v) is 3.51. The van der Waals surface area contributed by atoms with Crippen molar-refractivity contribution in [3.63, 3.8) is 0 Å². The SMILES string of the molecule is COc1ccc(N2C[C@H](C(=O)NNc3ccc(OCc4ccc(F)cc4)cc3)CC2=O)cc1. The molecule has 1 fully saturated rings. The van der Waals surface area contributed by atoms with Gasteiger partial charge in [-0.15, -0.1) is 0 Å². The number of methoxy groups -OCH3 is 1. The maximum absolute atomic E-state index is 13.0. The molecule has 0 spiro atoms. The smallest absolute Gasteiger partial charge is 0.243 e. The number of halogens is 1. The number of hydrogen-bond acceptors (Lipinski definition) is 5. The van der Waals surface area contributed by atoms with Crippen LogP contribution in [0.1, 0.15) is 12.0 Å². The summed E-state index contributed by atoms with van der Waals surface area (Å²) in [5, 5.41) is 0. The van der Waals surface area contributed by atoms with Gasteiger partial charge in [-0.1, -0.05) is 12.1 Å². The molecule has 33 heavy (non-hydrogen) atoms. The lowest BCUT2D eigenvalue weighted by Crippen LogP contribution is -2.36. The summed E-state index contributed by atoms with van der Waals surface area (Å²) in [4.78, 5) is 26.6. The predicted molar refractivity (Wildman–Crippen MR) is 122 cm³/mol. The number of hydrogen-bond donors (Lipinski definition) is 2. The molecule has 1 aliphatic heterocycles. The minimum absolute atomic E-state index is 0.0945. The van der Waals surface area contributed by atoms with Gasteiger partial charge in [0.2, 0.25) is 11.8 Å². The van der Waals surface area contributed by atoms with E-state index in [1.807, 2.05) is 0 Å². The highest BCUT2D eigenvalue weighted by atomic mass is 19.1. The highest BCUT2D eigenvalue weighted by Gasteiger charge is 2.35. The monoisotopic (exact) mass is 449 g/mol. The molecule has 1 atom stereocenters. The quantitative estimate of drug-likeness (QED) is 0.510. The molecule has 0 aromatic heterocycles. The van der Waals surface area contributed by atoms with Crippen molar-refractivity contribution in [2.45, 2.75) is 13.0 Å². The average molecular weight is 449 g/mol. The van der Waals surface area contributed by atoms with Crippen molar-refractivity contribution < 1.29 is 23.5 Å². The van der Waals surface area contributed by atoms with Crippen LogP contribution in [0.2, 0.25) is 0 Å². The van der Waals surface area contributed by atoms with Crippen molar-refractivity contribution in [3.05, 3.63) is 84.2 Å². The molecule has 1 saturated heterocycles. The Labute approximate surface area is 191 Å². The van der Waals surface area contributed by atoms with Gasteiger partial charge in [0, 0.05) is 18.7 Å². The average Bonchev–Trinajstić information content (AvgIpc) is 3.24. The van der Waals surface area contributed by atoms with Crippen LogP contribution < -0.4 is 25.2 Å².